The lowest BCUT2D eigenvalue weighted by Crippen LogP contribution is -2.58. The lowest BCUT2D eigenvalue weighted by Gasteiger charge is -2.45. The van der Waals surface area contributed by atoms with E-state index in [9.17, 15) is 10.2 Å². The molecular weight excluding hydrogens is 232 g/mol. The average molecular weight is 258 g/mol. The van der Waals surface area contributed by atoms with Gasteiger partial charge in [-0.2, -0.15) is 0 Å². The fourth-order valence-corrected chi connectivity index (χ4v) is 2.94. The molecule has 0 aliphatic carbocycles. The third-order valence-corrected chi connectivity index (χ3v) is 4.11. The minimum atomic E-state index is -0.598. The van der Waals surface area contributed by atoms with Crippen molar-refractivity contribution in [2.45, 2.75) is 38.0 Å². The van der Waals surface area contributed by atoms with E-state index in [4.69, 9.17) is 4.74 Å². The van der Waals surface area contributed by atoms with Crippen LogP contribution >= 0.6 is 0 Å². The topological polar surface area (TPSA) is 56.2 Å². The molecule has 0 saturated carbocycles. The molecule has 106 valence electrons. The number of morpholine rings is 1. The smallest absolute Gasteiger partial charge is 0.0926 e. The maximum absolute atomic E-state index is 9.73. The Balaban J connectivity index is 1.87. The first-order valence-corrected chi connectivity index (χ1v) is 6.90. The van der Waals surface area contributed by atoms with Crippen molar-refractivity contribution in [2.24, 2.45) is 0 Å². The van der Waals surface area contributed by atoms with Crippen LogP contribution in [0.5, 0.6) is 0 Å². The van der Waals surface area contributed by atoms with Gasteiger partial charge in [-0.25, -0.2) is 0 Å². The van der Waals surface area contributed by atoms with Crippen molar-refractivity contribution >= 4 is 0 Å². The SMILES string of the molecule is CC(C)(CN1CC[C@H](O)[C@@H](O)C1)N1CCOCC1. The van der Waals surface area contributed by atoms with Gasteiger partial charge in [0.05, 0.1) is 25.4 Å². The van der Waals surface area contributed by atoms with Crippen LogP contribution in [0.25, 0.3) is 0 Å². The number of likely N-dealkylation sites (tertiary alicyclic amines) is 1. The second-order valence-corrected chi connectivity index (χ2v) is 6.07. The van der Waals surface area contributed by atoms with E-state index in [1.54, 1.807) is 0 Å². The lowest BCUT2D eigenvalue weighted by molar-refractivity contribution is -0.0617. The zero-order valence-corrected chi connectivity index (χ0v) is 11.5. The number of ether oxygens (including phenoxy) is 1. The molecule has 2 fully saturated rings. The van der Waals surface area contributed by atoms with Crippen molar-refractivity contribution in [3.8, 4) is 0 Å². The van der Waals surface area contributed by atoms with Gasteiger partial charge in [-0.1, -0.05) is 0 Å². The Labute approximate surface area is 109 Å². The number of rotatable bonds is 3. The zero-order chi connectivity index (χ0) is 13.2. The quantitative estimate of drug-likeness (QED) is 0.716. The summed E-state index contributed by atoms with van der Waals surface area (Å²) in [4.78, 5) is 4.71. The first-order chi connectivity index (χ1) is 8.49. The van der Waals surface area contributed by atoms with Crippen molar-refractivity contribution < 1.29 is 14.9 Å². The van der Waals surface area contributed by atoms with Gasteiger partial charge in [0.15, 0.2) is 0 Å². The molecule has 0 bridgehead atoms. The molecule has 2 heterocycles. The summed E-state index contributed by atoms with van der Waals surface area (Å²) in [7, 11) is 0. The minimum Gasteiger partial charge on any atom is -0.390 e. The fraction of sp³-hybridized carbons (Fsp3) is 1.00. The van der Waals surface area contributed by atoms with Gasteiger partial charge >= 0.3 is 0 Å². The lowest BCUT2D eigenvalue weighted by atomic mass is 9.98. The summed E-state index contributed by atoms with van der Waals surface area (Å²) in [5.74, 6) is 0. The summed E-state index contributed by atoms with van der Waals surface area (Å²) in [6.45, 7) is 10.4. The first kappa shape index (κ1) is 14.2. The molecule has 18 heavy (non-hydrogen) atoms. The van der Waals surface area contributed by atoms with E-state index in [1.807, 2.05) is 0 Å². The molecule has 0 aromatic heterocycles. The summed E-state index contributed by atoms with van der Waals surface area (Å²) in [6, 6.07) is 0. The van der Waals surface area contributed by atoms with E-state index in [0.717, 1.165) is 39.4 Å². The Morgan fingerprint density at radius 3 is 2.39 bits per heavy atom. The van der Waals surface area contributed by atoms with E-state index in [2.05, 4.69) is 23.6 Å². The number of aliphatic hydroxyl groups is 2. The number of nitrogens with zero attached hydrogens (tertiary/aromatic N) is 2. The van der Waals surface area contributed by atoms with Crippen LogP contribution < -0.4 is 0 Å². The molecule has 0 aromatic rings. The molecular formula is C13H26N2O3. The molecule has 0 aromatic carbocycles. The molecule has 2 atom stereocenters. The van der Waals surface area contributed by atoms with Gasteiger partial charge < -0.3 is 14.9 Å². The summed E-state index contributed by atoms with van der Waals surface area (Å²) in [5, 5.41) is 19.3. The molecule has 0 spiro atoms. The third-order valence-electron chi connectivity index (χ3n) is 4.11. The van der Waals surface area contributed by atoms with Crippen molar-refractivity contribution in [1.29, 1.82) is 0 Å². The van der Waals surface area contributed by atoms with Gasteiger partial charge in [-0.3, -0.25) is 9.80 Å². The minimum absolute atomic E-state index is 0.0891. The Kier molecular flexibility index (Phi) is 4.61. The molecule has 0 amide bonds. The summed E-state index contributed by atoms with van der Waals surface area (Å²) in [6.07, 6.45) is -0.479. The highest BCUT2D eigenvalue weighted by molar-refractivity contribution is 4.89. The number of hydrogen-bond acceptors (Lipinski definition) is 5. The van der Waals surface area contributed by atoms with Gasteiger partial charge in [0.2, 0.25) is 0 Å². The van der Waals surface area contributed by atoms with Crippen LogP contribution in [0.1, 0.15) is 20.3 Å². The summed E-state index contributed by atoms with van der Waals surface area (Å²) in [5.41, 5.74) is 0.0891. The van der Waals surface area contributed by atoms with Crippen molar-refractivity contribution in [1.82, 2.24) is 9.80 Å². The number of aliphatic hydroxyl groups excluding tert-OH is 2. The van der Waals surface area contributed by atoms with Crippen LogP contribution in [0.3, 0.4) is 0 Å². The van der Waals surface area contributed by atoms with Crippen LogP contribution in [0.2, 0.25) is 0 Å². The number of hydrogen-bond donors (Lipinski definition) is 2. The van der Waals surface area contributed by atoms with Crippen LogP contribution in [0, 0.1) is 0 Å². The largest absolute Gasteiger partial charge is 0.390 e. The van der Waals surface area contributed by atoms with Gasteiger partial charge in [0.1, 0.15) is 0 Å². The van der Waals surface area contributed by atoms with E-state index in [1.165, 1.54) is 0 Å². The Morgan fingerprint density at radius 1 is 1.11 bits per heavy atom. The molecule has 2 aliphatic rings. The van der Waals surface area contributed by atoms with Crippen molar-refractivity contribution in [3.63, 3.8) is 0 Å². The van der Waals surface area contributed by atoms with Crippen LogP contribution in [-0.4, -0.2) is 83.7 Å². The van der Waals surface area contributed by atoms with Crippen LogP contribution in [0.4, 0.5) is 0 Å². The Hall–Kier alpha value is -0.200. The molecule has 2 aliphatic heterocycles. The van der Waals surface area contributed by atoms with Gasteiger partial charge in [-0.05, 0) is 20.3 Å². The predicted octanol–water partition coefficient (Wildman–Crippen LogP) is -0.475. The predicted molar refractivity (Wildman–Crippen MR) is 69.5 cm³/mol. The molecule has 0 unspecified atom stereocenters. The van der Waals surface area contributed by atoms with E-state index < -0.39 is 12.2 Å². The summed E-state index contributed by atoms with van der Waals surface area (Å²) >= 11 is 0. The third kappa shape index (κ3) is 3.42. The van der Waals surface area contributed by atoms with Gasteiger partial charge in [0, 0.05) is 38.3 Å². The maximum atomic E-state index is 9.73. The molecule has 2 rings (SSSR count). The molecule has 2 saturated heterocycles. The molecule has 5 nitrogen and oxygen atoms in total. The highest BCUT2D eigenvalue weighted by Crippen LogP contribution is 2.20. The van der Waals surface area contributed by atoms with Crippen LogP contribution in [0.15, 0.2) is 0 Å². The average Bonchev–Trinajstić information content (AvgIpc) is 2.35. The van der Waals surface area contributed by atoms with Crippen molar-refractivity contribution in [3.05, 3.63) is 0 Å². The number of β-amino-alcohol motifs (C(OH)–C–C–N with tert-alkyl or cyclic N) is 1. The van der Waals surface area contributed by atoms with Gasteiger partial charge in [-0.15, -0.1) is 0 Å². The highest BCUT2D eigenvalue weighted by atomic mass is 16.5. The van der Waals surface area contributed by atoms with Crippen LogP contribution in [-0.2, 0) is 4.74 Å². The second kappa shape index (κ2) is 5.84. The molecule has 5 heteroatoms. The Bertz CT molecular complexity index is 267. The second-order valence-electron chi connectivity index (χ2n) is 6.07. The summed E-state index contributed by atoms with van der Waals surface area (Å²) < 4.78 is 5.39. The first-order valence-electron chi connectivity index (χ1n) is 6.90. The monoisotopic (exact) mass is 258 g/mol. The maximum Gasteiger partial charge on any atom is 0.0926 e. The molecule has 2 N–H and O–H groups in total. The van der Waals surface area contributed by atoms with Crippen molar-refractivity contribution in [2.75, 3.05) is 45.9 Å². The zero-order valence-electron chi connectivity index (χ0n) is 11.5. The Morgan fingerprint density at radius 2 is 1.78 bits per heavy atom. The normalized spacial score (nSPS) is 32.7. The van der Waals surface area contributed by atoms with E-state index in [0.29, 0.717) is 13.0 Å². The standard InChI is InChI=1S/C13H26N2O3/c1-13(2,15-5-7-18-8-6-15)10-14-4-3-11(16)12(17)9-14/h11-12,16-17H,3-10H2,1-2H3/t11-,12-/m0/s1. The fourth-order valence-electron chi connectivity index (χ4n) is 2.94. The van der Waals surface area contributed by atoms with Gasteiger partial charge in [0.25, 0.3) is 0 Å². The number of piperidine rings is 1. The van der Waals surface area contributed by atoms with E-state index in [-0.39, 0.29) is 5.54 Å². The molecule has 0 radical (unpaired) electrons. The highest BCUT2D eigenvalue weighted by Gasteiger charge is 2.33. The van der Waals surface area contributed by atoms with E-state index >= 15 is 0 Å².